The first-order valence-corrected chi connectivity index (χ1v) is 9.16. The molecule has 1 aliphatic heterocycles. The summed E-state index contributed by atoms with van der Waals surface area (Å²) in [6.45, 7) is 4.12. The SMILES string of the molecule is Cc1nc(NC(=O)c2csc(Nc3ccc4c(c3)OCO4)n2)sc1C. The van der Waals surface area contributed by atoms with E-state index in [1.807, 2.05) is 32.0 Å². The number of anilines is 3. The van der Waals surface area contributed by atoms with Crippen LogP contribution in [-0.4, -0.2) is 22.7 Å². The lowest BCUT2D eigenvalue weighted by atomic mass is 10.3. The first-order valence-electron chi connectivity index (χ1n) is 7.46. The van der Waals surface area contributed by atoms with Crippen LogP contribution in [0.3, 0.4) is 0 Å². The third-order valence-corrected chi connectivity index (χ3v) is 5.36. The molecule has 0 saturated heterocycles. The lowest BCUT2D eigenvalue weighted by Gasteiger charge is -2.03. The van der Waals surface area contributed by atoms with Crippen molar-refractivity contribution in [2.24, 2.45) is 0 Å². The van der Waals surface area contributed by atoms with Gasteiger partial charge in [-0.1, -0.05) is 0 Å². The Hall–Kier alpha value is -2.65. The topological polar surface area (TPSA) is 85.4 Å². The molecule has 0 fully saturated rings. The van der Waals surface area contributed by atoms with E-state index in [2.05, 4.69) is 20.6 Å². The van der Waals surface area contributed by atoms with Crippen molar-refractivity contribution in [3.05, 3.63) is 39.8 Å². The van der Waals surface area contributed by atoms with Gasteiger partial charge in [0, 0.05) is 22.0 Å². The molecule has 0 unspecified atom stereocenters. The number of rotatable bonds is 4. The predicted octanol–water partition coefficient (Wildman–Crippen LogP) is 3.94. The van der Waals surface area contributed by atoms with Crippen molar-refractivity contribution in [2.45, 2.75) is 13.8 Å². The molecule has 1 aliphatic rings. The van der Waals surface area contributed by atoms with Crippen LogP contribution >= 0.6 is 22.7 Å². The van der Waals surface area contributed by atoms with E-state index in [4.69, 9.17) is 9.47 Å². The van der Waals surface area contributed by atoms with E-state index in [0.29, 0.717) is 21.7 Å². The van der Waals surface area contributed by atoms with Crippen molar-refractivity contribution in [3.63, 3.8) is 0 Å². The summed E-state index contributed by atoms with van der Waals surface area (Å²) in [7, 11) is 0. The van der Waals surface area contributed by atoms with Gasteiger partial charge in [-0.05, 0) is 26.0 Å². The highest BCUT2D eigenvalue weighted by molar-refractivity contribution is 7.16. The Balaban J connectivity index is 1.45. The molecule has 2 aromatic heterocycles. The monoisotopic (exact) mass is 374 g/mol. The Morgan fingerprint density at radius 2 is 2.00 bits per heavy atom. The summed E-state index contributed by atoms with van der Waals surface area (Å²) >= 11 is 2.80. The first-order chi connectivity index (χ1) is 12.1. The number of benzene rings is 1. The second-order valence-corrected chi connectivity index (χ2v) is 7.41. The number of aromatic nitrogens is 2. The number of ether oxygens (including phenoxy) is 2. The van der Waals surface area contributed by atoms with E-state index >= 15 is 0 Å². The molecule has 0 bridgehead atoms. The highest BCUT2D eigenvalue weighted by atomic mass is 32.1. The molecule has 0 spiro atoms. The summed E-state index contributed by atoms with van der Waals surface area (Å²) in [6.07, 6.45) is 0. The maximum absolute atomic E-state index is 12.3. The van der Waals surface area contributed by atoms with Gasteiger partial charge in [-0.25, -0.2) is 9.97 Å². The molecular formula is C16H14N4O3S2. The van der Waals surface area contributed by atoms with Crippen LogP contribution in [0.4, 0.5) is 16.0 Å². The smallest absolute Gasteiger partial charge is 0.276 e. The Morgan fingerprint density at radius 1 is 1.16 bits per heavy atom. The molecule has 0 saturated carbocycles. The zero-order valence-electron chi connectivity index (χ0n) is 13.5. The lowest BCUT2D eigenvalue weighted by Crippen LogP contribution is -2.12. The number of fused-ring (bicyclic) bond motifs is 1. The molecule has 3 heterocycles. The zero-order chi connectivity index (χ0) is 17.4. The highest BCUT2D eigenvalue weighted by Crippen LogP contribution is 2.35. The summed E-state index contributed by atoms with van der Waals surface area (Å²) < 4.78 is 10.6. The molecule has 1 amide bonds. The minimum atomic E-state index is -0.274. The molecule has 3 aromatic rings. The van der Waals surface area contributed by atoms with Gasteiger partial charge in [0.25, 0.3) is 5.91 Å². The second kappa shape index (κ2) is 6.34. The van der Waals surface area contributed by atoms with E-state index in [1.54, 1.807) is 5.38 Å². The minimum Gasteiger partial charge on any atom is -0.454 e. The quantitative estimate of drug-likeness (QED) is 0.719. The van der Waals surface area contributed by atoms with Crippen LogP contribution in [0.15, 0.2) is 23.6 Å². The fourth-order valence-corrected chi connectivity index (χ4v) is 3.74. The van der Waals surface area contributed by atoms with E-state index in [1.165, 1.54) is 22.7 Å². The molecule has 2 N–H and O–H groups in total. The van der Waals surface area contributed by atoms with E-state index in [0.717, 1.165) is 22.0 Å². The molecule has 0 atom stereocenters. The third kappa shape index (κ3) is 3.28. The summed E-state index contributed by atoms with van der Waals surface area (Å²) in [5, 5.41) is 8.85. The molecule has 0 radical (unpaired) electrons. The molecular weight excluding hydrogens is 360 g/mol. The van der Waals surface area contributed by atoms with Gasteiger partial charge in [0.05, 0.1) is 5.69 Å². The number of hydrogen-bond donors (Lipinski definition) is 2. The number of aryl methyl sites for hydroxylation is 2. The first kappa shape index (κ1) is 15.9. The Labute approximate surface area is 151 Å². The van der Waals surface area contributed by atoms with Gasteiger partial charge in [-0.2, -0.15) is 0 Å². The van der Waals surface area contributed by atoms with Gasteiger partial charge in [0.2, 0.25) is 6.79 Å². The van der Waals surface area contributed by atoms with Crippen molar-refractivity contribution in [1.82, 2.24) is 9.97 Å². The second-order valence-electron chi connectivity index (χ2n) is 5.35. The summed E-state index contributed by atoms with van der Waals surface area (Å²) in [5.74, 6) is 1.14. The Bertz CT molecular complexity index is 931. The standard InChI is InChI=1S/C16H14N4O3S2/c1-8-9(2)25-16(17-8)20-14(21)11-6-24-15(19-11)18-10-3-4-12-13(5-10)23-7-22-12/h3-6H,7H2,1-2H3,(H,18,19)(H,17,20,21). The Morgan fingerprint density at radius 3 is 2.80 bits per heavy atom. The number of hydrogen-bond acceptors (Lipinski definition) is 8. The number of thiazole rings is 2. The zero-order valence-corrected chi connectivity index (χ0v) is 15.1. The minimum absolute atomic E-state index is 0.232. The summed E-state index contributed by atoms with van der Waals surface area (Å²) in [4.78, 5) is 22.0. The molecule has 7 nitrogen and oxygen atoms in total. The van der Waals surface area contributed by atoms with Gasteiger partial charge in [-0.15, -0.1) is 22.7 Å². The third-order valence-electron chi connectivity index (χ3n) is 3.61. The maximum atomic E-state index is 12.3. The summed E-state index contributed by atoms with van der Waals surface area (Å²) in [5.41, 5.74) is 2.08. The van der Waals surface area contributed by atoms with Gasteiger partial charge in [0.1, 0.15) is 5.69 Å². The molecule has 9 heteroatoms. The van der Waals surface area contributed by atoms with Crippen LogP contribution in [0.5, 0.6) is 11.5 Å². The highest BCUT2D eigenvalue weighted by Gasteiger charge is 2.16. The van der Waals surface area contributed by atoms with Crippen LogP contribution in [0.25, 0.3) is 0 Å². The summed E-state index contributed by atoms with van der Waals surface area (Å²) in [6, 6.07) is 5.54. The van der Waals surface area contributed by atoms with Crippen molar-refractivity contribution in [2.75, 3.05) is 17.4 Å². The van der Waals surface area contributed by atoms with Gasteiger partial charge in [0.15, 0.2) is 21.8 Å². The number of nitrogens with zero attached hydrogens (tertiary/aromatic N) is 2. The van der Waals surface area contributed by atoms with Crippen LogP contribution in [0.1, 0.15) is 21.1 Å². The van der Waals surface area contributed by atoms with Gasteiger partial charge < -0.3 is 14.8 Å². The maximum Gasteiger partial charge on any atom is 0.276 e. The predicted molar refractivity (Wildman–Crippen MR) is 97.5 cm³/mol. The number of amides is 1. The molecule has 128 valence electrons. The van der Waals surface area contributed by atoms with Gasteiger partial charge >= 0.3 is 0 Å². The molecule has 1 aromatic carbocycles. The van der Waals surface area contributed by atoms with Crippen LogP contribution < -0.4 is 20.1 Å². The van der Waals surface area contributed by atoms with Crippen LogP contribution in [0.2, 0.25) is 0 Å². The molecule has 4 rings (SSSR count). The normalized spacial score (nSPS) is 12.2. The number of nitrogens with one attached hydrogen (secondary N) is 2. The van der Waals surface area contributed by atoms with Crippen molar-refractivity contribution in [3.8, 4) is 11.5 Å². The Kier molecular flexibility index (Phi) is 4.02. The van der Waals surface area contributed by atoms with Crippen molar-refractivity contribution < 1.29 is 14.3 Å². The molecule has 25 heavy (non-hydrogen) atoms. The van der Waals surface area contributed by atoms with Crippen LogP contribution in [-0.2, 0) is 0 Å². The van der Waals surface area contributed by atoms with Crippen molar-refractivity contribution in [1.29, 1.82) is 0 Å². The fourth-order valence-electron chi connectivity index (χ4n) is 2.22. The fraction of sp³-hybridized carbons (Fsp3) is 0.188. The van der Waals surface area contributed by atoms with Gasteiger partial charge in [-0.3, -0.25) is 10.1 Å². The largest absolute Gasteiger partial charge is 0.454 e. The number of carbonyl (C=O) groups is 1. The lowest BCUT2D eigenvalue weighted by molar-refractivity contribution is 0.102. The average molecular weight is 374 g/mol. The van der Waals surface area contributed by atoms with E-state index in [9.17, 15) is 4.79 Å². The van der Waals surface area contributed by atoms with E-state index < -0.39 is 0 Å². The number of carbonyl (C=O) groups excluding carboxylic acids is 1. The van der Waals surface area contributed by atoms with Crippen molar-refractivity contribution >= 4 is 44.5 Å². The van der Waals surface area contributed by atoms with E-state index in [-0.39, 0.29) is 12.7 Å². The van der Waals surface area contributed by atoms with Crippen LogP contribution in [0, 0.1) is 13.8 Å². The molecule has 0 aliphatic carbocycles. The average Bonchev–Trinajstić information content (AvgIpc) is 3.29.